The number of benzene rings is 1. The molecule has 8 heteroatoms. The van der Waals surface area contributed by atoms with Gasteiger partial charge in [0.05, 0.1) is 12.1 Å². The Bertz CT molecular complexity index is 870. The Morgan fingerprint density at radius 2 is 1.89 bits per heavy atom. The molecule has 0 bridgehead atoms. The van der Waals surface area contributed by atoms with Gasteiger partial charge in [-0.2, -0.15) is 13.2 Å². The number of halogens is 3. The van der Waals surface area contributed by atoms with Gasteiger partial charge in [0.25, 0.3) is 0 Å². The summed E-state index contributed by atoms with van der Waals surface area (Å²) in [7, 11) is 1.59. The van der Waals surface area contributed by atoms with E-state index in [1.54, 1.807) is 7.05 Å². The first-order valence-electron chi connectivity index (χ1n) is 8.32. The summed E-state index contributed by atoms with van der Waals surface area (Å²) in [5.74, 6) is -0.997. The summed E-state index contributed by atoms with van der Waals surface area (Å²) in [6.45, 7) is 1.67. The molecule has 144 valence electrons. The average Bonchev–Trinajstić information content (AvgIpc) is 3.30. The summed E-state index contributed by atoms with van der Waals surface area (Å²) in [5, 5.41) is 9.04. The average molecular weight is 381 g/mol. The number of nitrogens with zero attached hydrogens (tertiary/aromatic N) is 1. The van der Waals surface area contributed by atoms with Crippen LogP contribution in [0.15, 0.2) is 34.7 Å². The minimum Gasteiger partial charge on any atom is -0.478 e. The van der Waals surface area contributed by atoms with Gasteiger partial charge in [0.15, 0.2) is 0 Å². The molecule has 1 aliphatic rings. The Kier molecular flexibility index (Phi) is 4.75. The fourth-order valence-electron chi connectivity index (χ4n) is 3.18. The van der Waals surface area contributed by atoms with E-state index in [1.807, 2.05) is 0 Å². The summed E-state index contributed by atoms with van der Waals surface area (Å²) in [4.78, 5) is 25.0. The van der Waals surface area contributed by atoms with Gasteiger partial charge in [-0.25, -0.2) is 4.79 Å². The van der Waals surface area contributed by atoms with Crippen molar-refractivity contribution in [2.24, 2.45) is 5.92 Å². The highest BCUT2D eigenvalue weighted by Gasteiger charge is 2.45. The van der Waals surface area contributed by atoms with E-state index in [9.17, 15) is 22.8 Å². The second-order valence-corrected chi connectivity index (χ2v) is 6.75. The Labute approximate surface area is 153 Å². The van der Waals surface area contributed by atoms with Gasteiger partial charge in [0.1, 0.15) is 17.1 Å². The van der Waals surface area contributed by atoms with Crippen LogP contribution in [-0.4, -0.2) is 28.9 Å². The van der Waals surface area contributed by atoms with Crippen molar-refractivity contribution in [3.63, 3.8) is 0 Å². The number of carbonyl (C=O) groups is 2. The molecule has 1 heterocycles. The lowest BCUT2D eigenvalue weighted by Gasteiger charge is -2.16. The molecule has 2 aromatic rings. The van der Waals surface area contributed by atoms with E-state index in [-0.39, 0.29) is 35.6 Å². The highest BCUT2D eigenvalue weighted by molar-refractivity contribution is 5.89. The van der Waals surface area contributed by atoms with Crippen LogP contribution in [0.1, 0.15) is 45.3 Å². The maximum atomic E-state index is 12.6. The Hall–Kier alpha value is -2.77. The molecular weight excluding hydrogens is 363 g/mol. The summed E-state index contributed by atoms with van der Waals surface area (Å²) in [6.07, 6.45) is -3.81. The first-order chi connectivity index (χ1) is 12.6. The van der Waals surface area contributed by atoms with Crippen molar-refractivity contribution in [2.75, 3.05) is 7.05 Å². The molecule has 1 aliphatic carbocycles. The molecule has 1 saturated carbocycles. The first-order valence-corrected chi connectivity index (χ1v) is 8.32. The lowest BCUT2D eigenvalue weighted by atomic mass is 10.1. The number of furan rings is 1. The molecule has 1 aromatic carbocycles. The standard InChI is InChI=1S/C19H18F3NO4/c1-10-14(18(25)26)7-13(27-10)9-23(2)17(24)16-8-15(16)11-3-5-12(6-4-11)19(20,21)22/h3-7,15-16H,8-9H2,1-2H3,(H,25,26). The van der Waals surface area contributed by atoms with Crippen LogP contribution in [0.25, 0.3) is 0 Å². The minimum absolute atomic E-state index is 0.0555. The van der Waals surface area contributed by atoms with Crippen LogP contribution in [0.3, 0.4) is 0 Å². The summed E-state index contributed by atoms with van der Waals surface area (Å²) < 4.78 is 43.3. The number of hydrogen-bond acceptors (Lipinski definition) is 3. The van der Waals surface area contributed by atoms with E-state index in [2.05, 4.69) is 0 Å². The van der Waals surface area contributed by atoms with Gasteiger partial charge in [-0.05, 0) is 43.0 Å². The van der Waals surface area contributed by atoms with Crippen LogP contribution in [0.5, 0.6) is 0 Å². The summed E-state index contributed by atoms with van der Waals surface area (Å²) in [5.41, 5.74) is 0.0472. The van der Waals surface area contributed by atoms with Gasteiger partial charge >= 0.3 is 12.1 Å². The minimum atomic E-state index is -4.38. The zero-order valence-electron chi connectivity index (χ0n) is 14.7. The fourth-order valence-corrected chi connectivity index (χ4v) is 3.18. The number of hydrogen-bond donors (Lipinski definition) is 1. The number of alkyl halides is 3. The van der Waals surface area contributed by atoms with Gasteiger partial charge in [0.2, 0.25) is 5.91 Å². The molecule has 2 unspecified atom stereocenters. The lowest BCUT2D eigenvalue weighted by Crippen LogP contribution is -2.27. The highest BCUT2D eigenvalue weighted by atomic mass is 19.4. The molecule has 1 N–H and O–H groups in total. The molecule has 27 heavy (non-hydrogen) atoms. The van der Waals surface area contributed by atoms with Gasteiger partial charge in [-0.3, -0.25) is 4.79 Å². The van der Waals surface area contributed by atoms with Gasteiger partial charge in [0, 0.05) is 13.0 Å². The third-order valence-electron chi connectivity index (χ3n) is 4.74. The third-order valence-corrected chi connectivity index (χ3v) is 4.74. The van der Waals surface area contributed by atoms with Gasteiger partial charge in [-0.1, -0.05) is 12.1 Å². The molecule has 1 amide bonds. The van der Waals surface area contributed by atoms with Crippen LogP contribution in [0.4, 0.5) is 13.2 Å². The predicted molar refractivity (Wildman–Crippen MR) is 89.2 cm³/mol. The normalized spacial score (nSPS) is 19.0. The quantitative estimate of drug-likeness (QED) is 0.848. The van der Waals surface area contributed by atoms with E-state index in [4.69, 9.17) is 9.52 Å². The molecule has 5 nitrogen and oxygen atoms in total. The number of aromatic carboxylic acids is 1. The van der Waals surface area contributed by atoms with E-state index >= 15 is 0 Å². The van der Waals surface area contributed by atoms with Crippen molar-refractivity contribution in [3.05, 3.63) is 58.5 Å². The molecular formula is C19H18F3NO4. The van der Waals surface area contributed by atoms with Crippen molar-refractivity contribution in [1.82, 2.24) is 4.90 Å². The zero-order chi connectivity index (χ0) is 19.9. The largest absolute Gasteiger partial charge is 0.478 e. The number of aryl methyl sites for hydroxylation is 1. The maximum absolute atomic E-state index is 12.6. The fraction of sp³-hybridized carbons (Fsp3) is 0.368. The summed E-state index contributed by atoms with van der Waals surface area (Å²) in [6, 6.07) is 6.27. The number of carboxylic acid groups (broad SMARTS) is 1. The Morgan fingerprint density at radius 1 is 1.26 bits per heavy atom. The van der Waals surface area contributed by atoms with E-state index in [1.165, 1.54) is 30.0 Å². The molecule has 1 aromatic heterocycles. The van der Waals surface area contributed by atoms with Crippen LogP contribution >= 0.6 is 0 Å². The topological polar surface area (TPSA) is 70.8 Å². The number of carbonyl (C=O) groups excluding carboxylic acids is 1. The van der Waals surface area contributed by atoms with Gasteiger partial charge < -0.3 is 14.4 Å². The van der Waals surface area contributed by atoms with Crippen LogP contribution in [0, 0.1) is 12.8 Å². The van der Waals surface area contributed by atoms with Crippen LogP contribution < -0.4 is 0 Å². The van der Waals surface area contributed by atoms with Crippen LogP contribution in [0.2, 0.25) is 0 Å². The maximum Gasteiger partial charge on any atom is 0.416 e. The van der Waals surface area contributed by atoms with Crippen LogP contribution in [-0.2, 0) is 17.5 Å². The number of amides is 1. The second kappa shape index (κ2) is 6.75. The van der Waals surface area contributed by atoms with Crippen molar-refractivity contribution in [3.8, 4) is 0 Å². The summed E-state index contributed by atoms with van der Waals surface area (Å²) >= 11 is 0. The molecule has 1 fully saturated rings. The van der Waals surface area contributed by atoms with Crippen molar-refractivity contribution >= 4 is 11.9 Å². The lowest BCUT2D eigenvalue weighted by molar-refractivity contribution is -0.137. The Balaban J connectivity index is 1.62. The van der Waals surface area contributed by atoms with E-state index < -0.39 is 17.7 Å². The second-order valence-electron chi connectivity index (χ2n) is 6.75. The highest BCUT2D eigenvalue weighted by Crippen LogP contribution is 2.48. The van der Waals surface area contributed by atoms with Crippen molar-refractivity contribution < 1.29 is 32.3 Å². The number of rotatable bonds is 5. The van der Waals surface area contributed by atoms with E-state index in [0.29, 0.717) is 17.7 Å². The smallest absolute Gasteiger partial charge is 0.416 e. The molecule has 3 rings (SSSR count). The predicted octanol–water partition coefficient (Wildman–Crippen LogP) is 4.07. The molecule has 0 aliphatic heterocycles. The SMILES string of the molecule is Cc1oc(CN(C)C(=O)C2CC2c2ccc(C(F)(F)F)cc2)cc1C(=O)O. The zero-order valence-corrected chi connectivity index (χ0v) is 14.7. The molecule has 2 atom stereocenters. The molecule has 0 saturated heterocycles. The third kappa shape index (κ3) is 3.99. The molecule has 0 spiro atoms. The van der Waals surface area contributed by atoms with Crippen molar-refractivity contribution in [1.29, 1.82) is 0 Å². The van der Waals surface area contributed by atoms with Gasteiger partial charge in [-0.15, -0.1) is 0 Å². The van der Waals surface area contributed by atoms with E-state index in [0.717, 1.165) is 12.1 Å². The molecule has 0 radical (unpaired) electrons. The first kappa shape index (κ1) is 19.0. The Morgan fingerprint density at radius 3 is 2.41 bits per heavy atom. The van der Waals surface area contributed by atoms with Crippen molar-refractivity contribution in [2.45, 2.75) is 32.0 Å². The number of carboxylic acids is 1. The monoisotopic (exact) mass is 381 g/mol.